The van der Waals surface area contributed by atoms with Crippen LogP contribution in [0.5, 0.6) is 0 Å². The monoisotopic (exact) mass is 401 g/mol. The third kappa shape index (κ3) is 5.81. The molecule has 0 spiro atoms. The zero-order valence-corrected chi connectivity index (χ0v) is 18.3. The average Bonchev–Trinajstić information content (AvgIpc) is 2.51. The third-order valence-corrected chi connectivity index (χ3v) is 4.52. The van der Waals surface area contributed by atoms with Crippen LogP contribution in [0.15, 0.2) is 36.4 Å². The van der Waals surface area contributed by atoms with E-state index in [1.165, 1.54) is 5.56 Å². The Balaban J connectivity index is 0.00000288. The smallest absolute Gasteiger partial charge is 0.227 e. The number of nitrogens with zero attached hydrogens (tertiary/aromatic N) is 1. The zero-order valence-electron chi connectivity index (χ0n) is 15.4. The Bertz CT molecular complexity index is 542. The second kappa shape index (κ2) is 9.87. The quantitative estimate of drug-likeness (QED) is 0.476. The number of carbonyl (C=O) groups excluding carboxylic acids is 1. The largest absolute Gasteiger partial charge is 0.343 e. The van der Waals surface area contributed by atoms with E-state index >= 15 is 0 Å². The van der Waals surface area contributed by atoms with Crippen LogP contribution in [0, 0.1) is 6.92 Å². The SMILES string of the molecule is [CH2-]CC/C=C\CC1CCCC(=O)N1c1ccc(C(C)(C)C)cc1.[Y]. The van der Waals surface area contributed by atoms with Crippen LogP contribution < -0.4 is 4.90 Å². The van der Waals surface area contributed by atoms with Crippen molar-refractivity contribution in [3.05, 3.63) is 48.9 Å². The first-order valence-electron chi connectivity index (χ1n) is 8.80. The van der Waals surface area contributed by atoms with Crippen LogP contribution in [0.3, 0.4) is 0 Å². The van der Waals surface area contributed by atoms with Gasteiger partial charge in [0.15, 0.2) is 0 Å². The molecule has 129 valence electrons. The maximum absolute atomic E-state index is 12.5. The van der Waals surface area contributed by atoms with E-state index in [1.807, 2.05) is 4.90 Å². The second-order valence-corrected chi connectivity index (χ2v) is 7.46. The molecule has 0 aromatic heterocycles. The first kappa shape index (κ1) is 21.6. The van der Waals surface area contributed by atoms with E-state index in [1.54, 1.807) is 0 Å². The Labute approximate surface area is 173 Å². The molecule has 1 saturated heterocycles. The van der Waals surface area contributed by atoms with E-state index in [0.717, 1.165) is 37.8 Å². The molecular formula is C21H30NOY-. The van der Waals surface area contributed by atoms with Crippen LogP contribution in [0.25, 0.3) is 0 Å². The van der Waals surface area contributed by atoms with Crippen molar-refractivity contribution in [2.24, 2.45) is 0 Å². The number of carbonyl (C=O) groups is 1. The summed E-state index contributed by atoms with van der Waals surface area (Å²) in [5.41, 5.74) is 2.48. The Morgan fingerprint density at radius 1 is 1.21 bits per heavy atom. The molecule has 1 amide bonds. The fourth-order valence-electron chi connectivity index (χ4n) is 3.13. The molecular weight excluding hydrogens is 371 g/mol. The Morgan fingerprint density at radius 2 is 1.88 bits per heavy atom. The van der Waals surface area contributed by atoms with Crippen LogP contribution in [0.1, 0.15) is 64.9 Å². The Hall–Kier alpha value is -0.466. The van der Waals surface area contributed by atoms with Gasteiger partial charge in [-0.15, -0.1) is 0 Å². The normalized spacial score (nSPS) is 18.8. The van der Waals surface area contributed by atoms with Crippen LogP contribution >= 0.6 is 0 Å². The van der Waals surface area contributed by atoms with Gasteiger partial charge in [-0.25, -0.2) is 0 Å². The summed E-state index contributed by atoms with van der Waals surface area (Å²) in [4.78, 5) is 14.5. The molecule has 1 atom stereocenters. The van der Waals surface area contributed by atoms with Crippen LogP contribution in [-0.2, 0) is 42.9 Å². The number of unbranched alkanes of at least 4 members (excludes halogenated alkanes) is 1. The molecule has 3 heteroatoms. The molecule has 1 unspecified atom stereocenters. The van der Waals surface area contributed by atoms with Gasteiger partial charge in [0.05, 0.1) is 0 Å². The van der Waals surface area contributed by atoms with Crippen molar-refractivity contribution < 1.29 is 37.5 Å². The predicted molar refractivity (Wildman–Crippen MR) is 98.6 cm³/mol. The molecule has 2 nitrogen and oxygen atoms in total. The summed E-state index contributed by atoms with van der Waals surface area (Å²) < 4.78 is 0. The van der Waals surface area contributed by atoms with Crippen LogP contribution in [0.2, 0.25) is 0 Å². The number of amides is 1. The molecule has 1 aromatic carbocycles. The summed E-state index contributed by atoms with van der Waals surface area (Å²) in [6, 6.07) is 8.82. The number of hydrogen-bond acceptors (Lipinski definition) is 1. The molecule has 1 fully saturated rings. The van der Waals surface area contributed by atoms with Gasteiger partial charge in [-0.3, -0.25) is 4.79 Å². The number of benzene rings is 1. The van der Waals surface area contributed by atoms with Crippen molar-refractivity contribution >= 4 is 11.6 Å². The third-order valence-electron chi connectivity index (χ3n) is 4.52. The number of piperidine rings is 1. The summed E-state index contributed by atoms with van der Waals surface area (Å²) in [6.07, 6.45) is 10.0. The molecule has 2 rings (SSSR count). The number of anilines is 1. The first-order chi connectivity index (χ1) is 10.9. The van der Waals surface area contributed by atoms with Gasteiger partial charge in [0.1, 0.15) is 0 Å². The van der Waals surface area contributed by atoms with Gasteiger partial charge >= 0.3 is 0 Å². The standard InChI is InChI=1S/C21H30NO.Y/c1-5-6-7-8-10-18-11-9-12-20(23)22(18)19-15-13-17(14-16-19)21(2,3)4;/h7-8,13-16,18H,1,5-6,9-12H2,2-4H3;/q-1;/b8-7-;. The molecule has 24 heavy (non-hydrogen) atoms. The number of rotatable bonds is 5. The van der Waals surface area contributed by atoms with E-state index < -0.39 is 0 Å². The first-order valence-corrected chi connectivity index (χ1v) is 8.80. The molecule has 1 heterocycles. The van der Waals surface area contributed by atoms with Gasteiger partial charge in [0, 0.05) is 50.9 Å². The Morgan fingerprint density at radius 3 is 2.46 bits per heavy atom. The van der Waals surface area contributed by atoms with Crippen molar-refractivity contribution in [2.45, 2.75) is 70.8 Å². The molecule has 0 saturated carbocycles. The minimum atomic E-state index is 0. The van der Waals surface area contributed by atoms with E-state index in [2.05, 4.69) is 64.1 Å². The van der Waals surface area contributed by atoms with E-state index in [-0.39, 0.29) is 50.1 Å². The zero-order chi connectivity index (χ0) is 16.9. The molecule has 1 radical (unpaired) electrons. The van der Waals surface area contributed by atoms with Crippen molar-refractivity contribution in [3.8, 4) is 0 Å². The maximum atomic E-state index is 12.5. The summed E-state index contributed by atoms with van der Waals surface area (Å²) >= 11 is 0. The second-order valence-electron chi connectivity index (χ2n) is 7.46. The van der Waals surface area contributed by atoms with Gasteiger partial charge in [-0.1, -0.05) is 51.5 Å². The molecule has 1 aromatic rings. The van der Waals surface area contributed by atoms with E-state index in [9.17, 15) is 4.79 Å². The summed E-state index contributed by atoms with van der Waals surface area (Å²) in [6.45, 7) is 10.5. The van der Waals surface area contributed by atoms with Crippen molar-refractivity contribution in [1.82, 2.24) is 0 Å². The molecule has 1 aliphatic rings. The topological polar surface area (TPSA) is 20.3 Å². The Kier molecular flexibility index (Phi) is 8.88. The maximum Gasteiger partial charge on any atom is 0.227 e. The van der Waals surface area contributed by atoms with Gasteiger partial charge in [0.2, 0.25) is 5.91 Å². The fourth-order valence-corrected chi connectivity index (χ4v) is 3.13. The minimum absolute atomic E-state index is 0. The van der Waals surface area contributed by atoms with Crippen molar-refractivity contribution in [1.29, 1.82) is 0 Å². The van der Waals surface area contributed by atoms with Crippen molar-refractivity contribution in [3.63, 3.8) is 0 Å². The predicted octanol–water partition coefficient (Wildman–Crippen LogP) is 5.43. The van der Waals surface area contributed by atoms with Gasteiger partial charge in [-0.2, -0.15) is 6.42 Å². The van der Waals surface area contributed by atoms with E-state index in [0.29, 0.717) is 6.42 Å². The fraction of sp³-hybridized carbons (Fsp3) is 0.524. The molecule has 0 aliphatic carbocycles. The molecule has 1 aliphatic heterocycles. The molecule has 0 bridgehead atoms. The average molecular weight is 401 g/mol. The molecule has 0 N–H and O–H groups in total. The number of allylic oxidation sites excluding steroid dienone is 1. The summed E-state index contributed by atoms with van der Waals surface area (Å²) in [7, 11) is 0. The van der Waals surface area contributed by atoms with Gasteiger partial charge < -0.3 is 11.8 Å². The summed E-state index contributed by atoms with van der Waals surface area (Å²) in [5, 5.41) is 0. The summed E-state index contributed by atoms with van der Waals surface area (Å²) in [5.74, 6) is 0.260. The van der Waals surface area contributed by atoms with Gasteiger partial charge in [0.25, 0.3) is 0 Å². The number of hydrogen-bond donors (Lipinski definition) is 0. The van der Waals surface area contributed by atoms with Crippen LogP contribution in [-0.4, -0.2) is 11.9 Å². The minimum Gasteiger partial charge on any atom is -0.343 e. The van der Waals surface area contributed by atoms with Crippen LogP contribution in [0.4, 0.5) is 5.69 Å². The van der Waals surface area contributed by atoms with Crippen molar-refractivity contribution in [2.75, 3.05) is 4.90 Å². The van der Waals surface area contributed by atoms with Gasteiger partial charge in [-0.05, 0) is 42.4 Å². The van der Waals surface area contributed by atoms with E-state index in [4.69, 9.17) is 0 Å².